The molecule has 0 N–H and O–H groups in total. The van der Waals surface area contributed by atoms with Crippen LogP contribution in [0.1, 0.15) is 35.0 Å². The summed E-state index contributed by atoms with van der Waals surface area (Å²) in [4.78, 5) is 16.7. The van der Waals surface area contributed by atoms with E-state index in [1.807, 2.05) is 72.3 Å². The number of fused-ring (bicyclic) bond motifs is 1. The first kappa shape index (κ1) is 25.6. The fourth-order valence-corrected chi connectivity index (χ4v) is 4.79. The smallest absolute Gasteiger partial charge is 0.410 e. The van der Waals surface area contributed by atoms with E-state index in [-0.39, 0.29) is 19.7 Å². The Labute approximate surface area is 221 Å². The molecule has 1 aliphatic heterocycles. The zero-order valence-electron chi connectivity index (χ0n) is 21.3. The van der Waals surface area contributed by atoms with E-state index < -0.39 is 17.7 Å². The van der Waals surface area contributed by atoms with Gasteiger partial charge in [-0.05, 0) is 42.8 Å². The summed E-state index contributed by atoms with van der Waals surface area (Å²) in [5.74, 6) is -0.875. The van der Waals surface area contributed by atoms with Crippen LogP contribution < -0.4 is 0 Å². The summed E-state index contributed by atoms with van der Waals surface area (Å²) in [6.07, 6.45) is 0.285. The van der Waals surface area contributed by atoms with Gasteiger partial charge in [0.05, 0.1) is 23.6 Å². The maximum absolute atomic E-state index is 14.4. The molecule has 0 atom stereocenters. The van der Waals surface area contributed by atoms with E-state index >= 15 is 0 Å². The summed E-state index contributed by atoms with van der Waals surface area (Å²) in [5, 5.41) is 4.93. The van der Waals surface area contributed by atoms with Gasteiger partial charge in [-0.25, -0.2) is 18.3 Å². The highest BCUT2D eigenvalue weighted by atomic mass is 19.1. The van der Waals surface area contributed by atoms with Gasteiger partial charge in [0, 0.05) is 43.7 Å². The molecule has 0 bridgehead atoms. The van der Waals surface area contributed by atoms with Crippen molar-refractivity contribution in [1.29, 1.82) is 0 Å². The van der Waals surface area contributed by atoms with Crippen LogP contribution in [0.2, 0.25) is 0 Å². The molecule has 0 fully saturated rings. The Bertz CT molecular complexity index is 1390. The van der Waals surface area contributed by atoms with E-state index in [9.17, 15) is 13.6 Å². The lowest BCUT2D eigenvalue weighted by molar-refractivity contribution is 0.0949. The van der Waals surface area contributed by atoms with Crippen molar-refractivity contribution in [2.75, 3.05) is 13.1 Å². The fourth-order valence-electron chi connectivity index (χ4n) is 4.79. The number of halogens is 2. The van der Waals surface area contributed by atoms with Gasteiger partial charge in [-0.3, -0.25) is 4.90 Å². The lowest BCUT2D eigenvalue weighted by Gasteiger charge is -2.28. The first-order valence-corrected chi connectivity index (χ1v) is 12.8. The summed E-state index contributed by atoms with van der Waals surface area (Å²) in [6.45, 7) is 4.33. The molecule has 4 aromatic rings. The van der Waals surface area contributed by atoms with Gasteiger partial charge in [-0.15, -0.1) is 0 Å². The molecule has 0 unspecified atom stereocenters. The predicted molar refractivity (Wildman–Crippen MR) is 140 cm³/mol. The number of carbonyl (C=O) groups is 1. The van der Waals surface area contributed by atoms with Crippen molar-refractivity contribution in [2.45, 2.75) is 39.6 Å². The highest BCUT2D eigenvalue weighted by Crippen LogP contribution is 2.28. The molecule has 1 aromatic heterocycles. The number of para-hydroxylation sites is 1. The Morgan fingerprint density at radius 2 is 1.76 bits per heavy atom. The molecule has 2 heterocycles. The van der Waals surface area contributed by atoms with Crippen molar-refractivity contribution in [3.05, 3.63) is 119 Å². The molecule has 0 saturated carbocycles. The van der Waals surface area contributed by atoms with E-state index in [1.54, 1.807) is 4.90 Å². The van der Waals surface area contributed by atoms with Gasteiger partial charge in [-0.2, -0.15) is 5.10 Å². The minimum Gasteiger partial charge on any atom is -0.445 e. The largest absolute Gasteiger partial charge is 0.445 e. The van der Waals surface area contributed by atoms with Crippen LogP contribution in [0.4, 0.5) is 13.6 Å². The number of nitrogens with zero attached hydrogens (tertiary/aromatic N) is 4. The average Bonchev–Trinajstić information content (AvgIpc) is 3.31. The Kier molecular flexibility index (Phi) is 7.79. The highest BCUT2D eigenvalue weighted by molar-refractivity contribution is 5.67. The molecule has 5 rings (SSSR count). The molecule has 0 aliphatic carbocycles. The third-order valence-electron chi connectivity index (χ3n) is 6.81. The van der Waals surface area contributed by atoms with Crippen LogP contribution >= 0.6 is 0 Å². The molecular weight excluding hydrogens is 486 g/mol. The first-order chi connectivity index (χ1) is 18.5. The first-order valence-electron chi connectivity index (χ1n) is 12.8. The Morgan fingerprint density at radius 1 is 1.03 bits per heavy atom. The summed E-state index contributed by atoms with van der Waals surface area (Å²) in [5.41, 5.74) is 5.02. The lowest BCUT2D eigenvalue weighted by atomic mass is 10.0. The van der Waals surface area contributed by atoms with Crippen molar-refractivity contribution in [1.82, 2.24) is 19.6 Å². The number of hydrogen-bond acceptors (Lipinski definition) is 4. The number of rotatable bonds is 8. The van der Waals surface area contributed by atoms with Crippen LogP contribution in [0.3, 0.4) is 0 Å². The van der Waals surface area contributed by atoms with E-state index in [1.165, 1.54) is 12.1 Å². The Balaban J connectivity index is 1.39. The molecule has 8 heteroatoms. The van der Waals surface area contributed by atoms with Gasteiger partial charge in [0.2, 0.25) is 0 Å². The van der Waals surface area contributed by atoms with E-state index in [0.717, 1.165) is 34.3 Å². The summed E-state index contributed by atoms with van der Waals surface area (Å²) in [7, 11) is 0. The van der Waals surface area contributed by atoms with Crippen LogP contribution in [0.25, 0.3) is 5.69 Å². The summed E-state index contributed by atoms with van der Waals surface area (Å²) < 4.78 is 35.7. The number of benzene rings is 3. The predicted octanol–water partition coefficient (Wildman–Crippen LogP) is 5.87. The molecule has 0 radical (unpaired) electrons. The van der Waals surface area contributed by atoms with Crippen LogP contribution in [-0.2, 0) is 37.4 Å². The van der Waals surface area contributed by atoms with E-state index in [2.05, 4.69) is 4.90 Å². The van der Waals surface area contributed by atoms with Gasteiger partial charge < -0.3 is 9.64 Å². The second-order valence-corrected chi connectivity index (χ2v) is 9.37. The van der Waals surface area contributed by atoms with Crippen LogP contribution in [0, 0.1) is 11.6 Å². The second-order valence-electron chi connectivity index (χ2n) is 9.37. The minimum absolute atomic E-state index is 0.194. The molecule has 0 saturated heterocycles. The molecule has 0 spiro atoms. The molecule has 196 valence electrons. The van der Waals surface area contributed by atoms with Crippen LogP contribution in [-0.4, -0.2) is 38.8 Å². The fraction of sp³-hybridized carbons (Fsp3) is 0.267. The van der Waals surface area contributed by atoms with Crippen LogP contribution in [0.5, 0.6) is 0 Å². The molecule has 6 nitrogen and oxygen atoms in total. The van der Waals surface area contributed by atoms with Gasteiger partial charge in [-0.1, -0.05) is 48.5 Å². The van der Waals surface area contributed by atoms with Crippen molar-refractivity contribution in [3.63, 3.8) is 0 Å². The average molecular weight is 517 g/mol. The van der Waals surface area contributed by atoms with Crippen molar-refractivity contribution < 1.29 is 18.3 Å². The van der Waals surface area contributed by atoms with Gasteiger partial charge in [0.1, 0.15) is 18.2 Å². The maximum atomic E-state index is 14.4. The highest BCUT2D eigenvalue weighted by Gasteiger charge is 2.28. The van der Waals surface area contributed by atoms with Gasteiger partial charge in [0.15, 0.2) is 0 Å². The number of aromatic nitrogens is 2. The minimum atomic E-state index is -0.454. The molecule has 1 amide bonds. The summed E-state index contributed by atoms with van der Waals surface area (Å²) >= 11 is 0. The number of ether oxygens (including phenoxy) is 1. The van der Waals surface area contributed by atoms with Gasteiger partial charge in [0.25, 0.3) is 0 Å². The normalized spacial score (nSPS) is 13.2. The van der Waals surface area contributed by atoms with Gasteiger partial charge >= 0.3 is 6.09 Å². The third kappa shape index (κ3) is 5.75. The summed E-state index contributed by atoms with van der Waals surface area (Å²) in [6, 6.07) is 23.0. The molecular formula is C30H30F2N4O2. The topological polar surface area (TPSA) is 50.6 Å². The Hall–Kier alpha value is -4.04. The maximum Gasteiger partial charge on any atom is 0.410 e. The van der Waals surface area contributed by atoms with Crippen molar-refractivity contribution >= 4 is 6.09 Å². The monoisotopic (exact) mass is 516 g/mol. The standard InChI is InChI=1S/C30H30F2N4O2/c1-2-35(30(37)38-21-22-9-5-3-6-10-22)20-28-26-19-34(18-23-17-24(31)13-14-27(23)32)16-15-29(26)36(33-28)25-11-7-4-8-12-25/h3-14,17H,2,15-16,18-21H2,1H3. The zero-order chi connectivity index (χ0) is 26.5. The quantitative estimate of drug-likeness (QED) is 0.294. The number of amides is 1. The third-order valence-corrected chi connectivity index (χ3v) is 6.81. The van der Waals surface area contributed by atoms with Crippen molar-refractivity contribution in [3.8, 4) is 5.69 Å². The Morgan fingerprint density at radius 3 is 2.50 bits per heavy atom. The lowest BCUT2D eigenvalue weighted by Crippen LogP contribution is -2.33. The number of hydrogen-bond donors (Lipinski definition) is 0. The van der Waals surface area contributed by atoms with E-state index in [4.69, 9.17) is 9.84 Å². The SMILES string of the molecule is CCN(Cc1nn(-c2ccccc2)c2c1CN(Cc1cc(F)ccc1F)CC2)C(=O)OCc1ccccc1. The molecule has 3 aromatic carbocycles. The zero-order valence-corrected chi connectivity index (χ0v) is 21.3. The van der Waals surface area contributed by atoms with Crippen LogP contribution in [0.15, 0.2) is 78.9 Å². The van der Waals surface area contributed by atoms with Crippen molar-refractivity contribution in [2.24, 2.45) is 0 Å². The second kappa shape index (κ2) is 11.6. The molecule has 1 aliphatic rings. The van der Waals surface area contributed by atoms with E-state index in [0.29, 0.717) is 31.6 Å². The number of carbonyl (C=O) groups excluding carboxylic acids is 1. The molecule has 38 heavy (non-hydrogen) atoms.